The summed E-state index contributed by atoms with van der Waals surface area (Å²) in [5.41, 5.74) is 0.955. The minimum Gasteiger partial charge on any atom is -0.478 e. The standard InChI is InChI=1S/C18H13ClN4O5/c19-15-11(17(25)26)7-21-23-9-10(6-14(15)23)3-5-28-18(27)12-8-20-22-4-1-2-13(22)16(12)24/h1-2,4,6-9,20H,3,5H2,(H,25,26). The molecule has 28 heavy (non-hydrogen) atoms. The molecule has 0 spiro atoms. The third kappa shape index (κ3) is 3.01. The number of carbonyl (C=O) groups excluding carboxylic acids is 1. The van der Waals surface area contributed by atoms with Crippen LogP contribution >= 0.6 is 11.6 Å². The Morgan fingerprint density at radius 2 is 2.11 bits per heavy atom. The second-order valence-electron chi connectivity index (χ2n) is 6.02. The Hall–Kier alpha value is -3.59. The van der Waals surface area contributed by atoms with E-state index < -0.39 is 17.4 Å². The minimum atomic E-state index is -1.16. The summed E-state index contributed by atoms with van der Waals surface area (Å²) in [7, 11) is 0. The third-order valence-electron chi connectivity index (χ3n) is 4.28. The summed E-state index contributed by atoms with van der Waals surface area (Å²) >= 11 is 6.10. The van der Waals surface area contributed by atoms with Crippen LogP contribution in [0.4, 0.5) is 0 Å². The number of fused-ring (bicyclic) bond motifs is 2. The average molecular weight is 401 g/mol. The average Bonchev–Trinajstić information content (AvgIpc) is 3.29. The fraction of sp³-hybridized carbons (Fsp3) is 0.111. The van der Waals surface area contributed by atoms with Crippen molar-refractivity contribution in [2.45, 2.75) is 6.42 Å². The summed E-state index contributed by atoms with van der Waals surface area (Å²) in [4.78, 5) is 35.6. The van der Waals surface area contributed by atoms with Gasteiger partial charge in [0, 0.05) is 25.0 Å². The number of halogens is 1. The molecule has 9 nitrogen and oxygen atoms in total. The van der Waals surface area contributed by atoms with Crippen molar-refractivity contribution in [3.63, 3.8) is 0 Å². The number of hydrogen-bond donors (Lipinski definition) is 2. The molecule has 4 aromatic rings. The number of aromatic carboxylic acids is 1. The number of aromatic nitrogens is 4. The molecule has 0 saturated carbocycles. The van der Waals surface area contributed by atoms with Crippen LogP contribution in [0.25, 0.3) is 11.0 Å². The number of carboxylic acid groups (broad SMARTS) is 1. The maximum Gasteiger partial charge on any atom is 0.343 e. The molecule has 0 atom stereocenters. The van der Waals surface area contributed by atoms with Gasteiger partial charge in [-0.1, -0.05) is 11.6 Å². The first-order valence-corrected chi connectivity index (χ1v) is 8.58. The first-order valence-electron chi connectivity index (χ1n) is 8.20. The van der Waals surface area contributed by atoms with E-state index in [2.05, 4.69) is 10.2 Å². The smallest absolute Gasteiger partial charge is 0.343 e. The zero-order valence-electron chi connectivity index (χ0n) is 14.3. The van der Waals surface area contributed by atoms with Gasteiger partial charge in [0.1, 0.15) is 16.6 Å². The molecule has 0 amide bonds. The Bertz CT molecular complexity index is 1290. The predicted molar refractivity (Wildman–Crippen MR) is 99.2 cm³/mol. The number of hydrogen-bond acceptors (Lipinski definition) is 5. The summed E-state index contributed by atoms with van der Waals surface area (Å²) in [5.74, 6) is -1.89. The second-order valence-corrected chi connectivity index (χ2v) is 6.40. The number of carbonyl (C=O) groups is 2. The topological polar surface area (TPSA) is 118 Å². The van der Waals surface area contributed by atoms with Crippen molar-refractivity contribution >= 4 is 34.6 Å². The van der Waals surface area contributed by atoms with Crippen molar-refractivity contribution in [2.24, 2.45) is 0 Å². The normalized spacial score (nSPS) is 11.2. The van der Waals surface area contributed by atoms with Crippen molar-refractivity contribution in [2.75, 3.05) is 6.61 Å². The molecular formula is C18H13ClN4O5. The molecule has 0 fully saturated rings. The Balaban J connectivity index is 1.48. The monoisotopic (exact) mass is 400 g/mol. The number of nitrogens with one attached hydrogen (secondary N) is 1. The van der Waals surface area contributed by atoms with E-state index in [-0.39, 0.29) is 22.8 Å². The van der Waals surface area contributed by atoms with Crippen LogP contribution in [-0.4, -0.2) is 42.9 Å². The molecule has 0 aliphatic carbocycles. The van der Waals surface area contributed by atoms with Gasteiger partial charge in [-0.25, -0.2) is 14.1 Å². The van der Waals surface area contributed by atoms with Crippen LogP contribution in [0, 0.1) is 0 Å². The van der Waals surface area contributed by atoms with Gasteiger partial charge in [-0.2, -0.15) is 5.10 Å². The molecule has 0 bridgehead atoms. The number of aromatic amines is 1. The highest BCUT2D eigenvalue weighted by atomic mass is 35.5. The van der Waals surface area contributed by atoms with Gasteiger partial charge in [0.2, 0.25) is 5.43 Å². The van der Waals surface area contributed by atoms with Gasteiger partial charge in [-0.15, -0.1) is 0 Å². The maximum absolute atomic E-state index is 12.3. The molecule has 0 aromatic carbocycles. The molecule has 142 valence electrons. The number of H-pyrrole nitrogens is 1. The van der Waals surface area contributed by atoms with Crippen LogP contribution in [0.2, 0.25) is 5.02 Å². The number of carboxylic acids is 1. The fourth-order valence-corrected chi connectivity index (χ4v) is 3.14. The lowest BCUT2D eigenvalue weighted by molar-refractivity contribution is 0.0506. The van der Waals surface area contributed by atoms with Gasteiger partial charge in [0.25, 0.3) is 0 Å². The van der Waals surface area contributed by atoms with E-state index in [0.717, 1.165) is 5.56 Å². The Morgan fingerprint density at radius 3 is 2.89 bits per heavy atom. The van der Waals surface area contributed by atoms with Gasteiger partial charge in [-0.3, -0.25) is 9.31 Å². The molecule has 0 unspecified atom stereocenters. The molecule has 0 aliphatic heterocycles. The number of ether oxygens (including phenoxy) is 1. The largest absolute Gasteiger partial charge is 0.478 e. The Kier molecular flexibility index (Phi) is 4.36. The molecular weight excluding hydrogens is 388 g/mol. The van der Waals surface area contributed by atoms with E-state index >= 15 is 0 Å². The van der Waals surface area contributed by atoms with Crippen LogP contribution in [0.5, 0.6) is 0 Å². The lowest BCUT2D eigenvalue weighted by Gasteiger charge is -2.04. The van der Waals surface area contributed by atoms with E-state index in [4.69, 9.17) is 21.4 Å². The van der Waals surface area contributed by atoms with Crippen LogP contribution in [-0.2, 0) is 11.2 Å². The molecule has 2 N–H and O–H groups in total. The molecule has 10 heteroatoms. The fourth-order valence-electron chi connectivity index (χ4n) is 2.87. The quantitative estimate of drug-likeness (QED) is 0.495. The summed E-state index contributed by atoms with van der Waals surface area (Å²) in [6.45, 7) is 0.0325. The highest BCUT2D eigenvalue weighted by Crippen LogP contribution is 2.23. The van der Waals surface area contributed by atoms with E-state index in [0.29, 0.717) is 17.5 Å². The summed E-state index contributed by atoms with van der Waals surface area (Å²) in [6.07, 6.45) is 6.16. The van der Waals surface area contributed by atoms with Gasteiger partial charge in [0.05, 0.1) is 23.3 Å². The van der Waals surface area contributed by atoms with E-state index in [1.165, 1.54) is 21.4 Å². The summed E-state index contributed by atoms with van der Waals surface area (Å²) in [6, 6.07) is 4.97. The third-order valence-corrected chi connectivity index (χ3v) is 4.68. The van der Waals surface area contributed by atoms with Crippen LogP contribution < -0.4 is 5.43 Å². The first-order chi connectivity index (χ1) is 13.5. The molecule has 0 radical (unpaired) electrons. The molecule has 4 aromatic heterocycles. The van der Waals surface area contributed by atoms with E-state index in [1.807, 2.05) is 0 Å². The van der Waals surface area contributed by atoms with Crippen LogP contribution in [0.15, 0.2) is 47.8 Å². The molecule has 4 rings (SSSR count). The highest BCUT2D eigenvalue weighted by molar-refractivity contribution is 6.36. The summed E-state index contributed by atoms with van der Waals surface area (Å²) < 4.78 is 8.17. The van der Waals surface area contributed by atoms with Gasteiger partial charge < -0.3 is 14.9 Å². The van der Waals surface area contributed by atoms with Gasteiger partial charge in [0.15, 0.2) is 0 Å². The van der Waals surface area contributed by atoms with Crippen molar-refractivity contribution in [1.29, 1.82) is 0 Å². The van der Waals surface area contributed by atoms with Crippen molar-refractivity contribution in [3.05, 3.63) is 74.9 Å². The predicted octanol–water partition coefficient (Wildman–Crippen LogP) is 2.03. The maximum atomic E-state index is 12.3. The molecule has 0 aliphatic rings. The number of nitrogens with zero attached hydrogens (tertiary/aromatic N) is 3. The van der Waals surface area contributed by atoms with Gasteiger partial charge in [-0.05, 0) is 23.8 Å². The zero-order valence-corrected chi connectivity index (χ0v) is 15.0. The lowest BCUT2D eigenvalue weighted by Crippen LogP contribution is -2.20. The second kappa shape index (κ2) is 6.86. The van der Waals surface area contributed by atoms with Crippen molar-refractivity contribution < 1.29 is 19.4 Å². The summed E-state index contributed by atoms with van der Waals surface area (Å²) in [5, 5.41) is 16.0. The Labute approximate surface area is 161 Å². The van der Waals surface area contributed by atoms with Gasteiger partial charge >= 0.3 is 11.9 Å². The lowest BCUT2D eigenvalue weighted by atomic mass is 10.2. The SMILES string of the molecule is O=C(O)c1cnn2cc(CCOC(=O)c3c[nH]n4cccc4c3=O)cc2c1Cl. The van der Waals surface area contributed by atoms with Crippen LogP contribution in [0.3, 0.4) is 0 Å². The van der Waals surface area contributed by atoms with Crippen LogP contribution in [0.1, 0.15) is 26.3 Å². The minimum absolute atomic E-state index is 0.0325. The highest BCUT2D eigenvalue weighted by Gasteiger charge is 2.16. The van der Waals surface area contributed by atoms with Crippen molar-refractivity contribution in [3.8, 4) is 0 Å². The van der Waals surface area contributed by atoms with E-state index in [1.54, 1.807) is 30.6 Å². The molecule has 4 heterocycles. The Morgan fingerprint density at radius 1 is 1.29 bits per heavy atom. The molecule has 0 saturated heterocycles. The number of rotatable bonds is 5. The number of esters is 1. The van der Waals surface area contributed by atoms with E-state index in [9.17, 15) is 14.4 Å². The first kappa shape index (κ1) is 17.8. The zero-order chi connectivity index (χ0) is 19.8. The van der Waals surface area contributed by atoms with Crippen molar-refractivity contribution in [1.82, 2.24) is 19.2 Å².